The highest BCUT2D eigenvalue weighted by Crippen LogP contribution is 2.17. The lowest BCUT2D eigenvalue weighted by Crippen LogP contribution is -2.05. The van der Waals surface area contributed by atoms with E-state index in [2.05, 4.69) is 5.10 Å². The van der Waals surface area contributed by atoms with Crippen LogP contribution in [0.3, 0.4) is 0 Å². The molecule has 4 nitrogen and oxygen atoms in total. The first-order valence-electron chi connectivity index (χ1n) is 5.68. The van der Waals surface area contributed by atoms with Gasteiger partial charge < -0.3 is 10.5 Å². The van der Waals surface area contributed by atoms with Crippen LogP contribution in [0, 0.1) is 0 Å². The Morgan fingerprint density at radius 2 is 2.18 bits per heavy atom. The normalized spacial score (nSPS) is 10.5. The second-order valence-corrected chi connectivity index (χ2v) is 3.93. The first kappa shape index (κ1) is 11.7. The molecular formula is C13H17N3O. The van der Waals surface area contributed by atoms with Gasteiger partial charge in [0.2, 0.25) is 0 Å². The minimum absolute atomic E-state index is 0.503. The molecule has 90 valence electrons. The van der Waals surface area contributed by atoms with E-state index in [-0.39, 0.29) is 0 Å². The first-order valence-corrected chi connectivity index (χ1v) is 5.68. The van der Waals surface area contributed by atoms with E-state index < -0.39 is 0 Å². The molecule has 1 aromatic carbocycles. The van der Waals surface area contributed by atoms with Crippen molar-refractivity contribution in [1.82, 2.24) is 9.78 Å². The maximum Gasteiger partial charge on any atom is 0.123 e. The number of rotatable bonds is 5. The van der Waals surface area contributed by atoms with Gasteiger partial charge in [0.25, 0.3) is 0 Å². The van der Waals surface area contributed by atoms with Crippen LogP contribution in [0.25, 0.3) is 0 Å². The second kappa shape index (κ2) is 5.50. The average Bonchev–Trinajstić information content (AvgIpc) is 2.76. The van der Waals surface area contributed by atoms with Crippen LogP contribution < -0.4 is 10.5 Å². The maximum atomic E-state index is 5.72. The minimum Gasteiger partial charge on any atom is -0.493 e. The molecule has 0 bridgehead atoms. The van der Waals surface area contributed by atoms with Crippen molar-refractivity contribution in [3.05, 3.63) is 47.8 Å². The molecule has 2 rings (SSSR count). The monoisotopic (exact) mass is 231 g/mol. The van der Waals surface area contributed by atoms with Gasteiger partial charge in [-0.05, 0) is 11.6 Å². The molecule has 17 heavy (non-hydrogen) atoms. The molecule has 2 N–H and O–H groups in total. The van der Waals surface area contributed by atoms with E-state index in [1.165, 1.54) is 5.56 Å². The summed E-state index contributed by atoms with van der Waals surface area (Å²) in [5.41, 5.74) is 7.86. The molecule has 0 radical (unpaired) electrons. The highest BCUT2D eigenvalue weighted by molar-refractivity contribution is 5.33. The number of nitrogens with two attached hydrogens (primary N) is 1. The van der Waals surface area contributed by atoms with E-state index >= 15 is 0 Å². The minimum atomic E-state index is 0.503. The van der Waals surface area contributed by atoms with Gasteiger partial charge in [-0.1, -0.05) is 18.2 Å². The van der Waals surface area contributed by atoms with Crippen LogP contribution in [0.5, 0.6) is 5.75 Å². The van der Waals surface area contributed by atoms with Gasteiger partial charge in [0.05, 0.1) is 12.8 Å². The topological polar surface area (TPSA) is 53.1 Å². The van der Waals surface area contributed by atoms with Crippen LogP contribution >= 0.6 is 0 Å². The molecule has 0 atom stereocenters. The highest BCUT2D eigenvalue weighted by Gasteiger charge is 2.01. The number of nitrogens with zero attached hydrogens (tertiary/aromatic N) is 2. The Kier molecular flexibility index (Phi) is 3.77. The predicted octanol–water partition coefficient (Wildman–Crippen LogP) is 1.50. The zero-order chi connectivity index (χ0) is 12.1. The van der Waals surface area contributed by atoms with Crippen LogP contribution in [-0.4, -0.2) is 16.4 Å². The summed E-state index contributed by atoms with van der Waals surface area (Å²) in [5, 5.41) is 4.12. The van der Waals surface area contributed by atoms with Crippen LogP contribution in [0.15, 0.2) is 36.7 Å². The Balaban J connectivity index is 1.89. The van der Waals surface area contributed by atoms with Gasteiger partial charge >= 0.3 is 0 Å². The Labute approximate surface area is 101 Å². The quantitative estimate of drug-likeness (QED) is 0.848. The number of benzene rings is 1. The lowest BCUT2D eigenvalue weighted by Gasteiger charge is -2.09. The number of para-hydroxylation sites is 1. The summed E-state index contributed by atoms with van der Waals surface area (Å²) in [6.07, 6.45) is 4.71. The lowest BCUT2D eigenvalue weighted by atomic mass is 10.2. The molecule has 0 unspecified atom stereocenters. The van der Waals surface area contributed by atoms with Crippen LogP contribution in [0.2, 0.25) is 0 Å². The highest BCUT2D eigenvalue weighted by atomic mass is 16.5. The van der Waals surface area contributed by atoms with Gasteiger partial charge in [0.15, 0.2) is 0 Å². The Bertz CT molecular complexity index is 479. The molecule has 1 heterocycles. The van der Waals surface area contributed by atoms with Crippen molar-refractivity contribution in [1.29, 1.82) is 0 Å². The maximum absolute atomic E-state index is 5.72. The molecule has 0 fully saturated rings. The molecule has 0 aliphatic heterocycles. The van der Waals surface area contributed by atoms with Gasteiger partial charge in [-0.15, -0.1) is 0 Å². The third-order valence-electron chi connectivity index (χ3n) is 2.60. The molecule has 1 aromatic heterocycles. The van der Waals surface area contributed by atoms with Gasteiger partial charge in [0, 0.05) is 31.8 Å². The largest absolute Gasteiger partial charge is 0.493 e. The van der Waals surface area contributed by atoms with Gasteiger partial charge in [-0.2, -0.15) is 5.10 Å². The molecule has 0 amide bonds. The molecule has 0 aliphatic rings. The predicted molar refractivity (Wildman–Crippen MR) is 66.7 cm³/mol. The van der Waals surface area contributed by atoms with Crippen molar-refractivity contribution in [2.24, 2.45) is 12.8 Å². The molecule has 0 saturated heterocycles. The zero-order valence-corrected chi connectivity index (χ0v) is 9.97. The third kappa shape index (κ3) is 3.07. The molecule has 0 saturated carbocycles. The first-order chi connectivity index (χ1) is 8.29. The summed E-state index contributed by atoms with van der Waals surface area (Å²) in [7, 11) is 1.91. The van der Waals surface area contributed by atoms with Crippen molar-refractivity contribution in [2.75, 3.05) is 6.61 Å². The van der Waals surface area contributed by atoms with Crippen molar-refractivity contribution >= 4 is 0 Å². The van der Waals surface area contributed by atoms with Gasteiger partial charge in [0.1, 0.15) is 5.75 Å². The molecule has 2 aromatic rings. The second-order valence-electron chi connectivity index (χ2n) is 3.93. The van der Waals surface area contributed by atoms with Crippen molar-refractivity contribution in [3.63, 3.8) is 0 Å². The fourth-order valence-electron chi connectivity index (χ4n) is 1.69. The van der Waals surface area contributed by atoms with Gasteiger partial charge in [-0.25, -0.2) is 0 Å². The summed E-state index contributed by atoms with van der Waals surface area (Å²) < 4.78 is 7.52. The van der Waals surface area contributed by atoms with E-state index in [0.717, 1.165) is 17.7 Å². The van der Waals surface area contributed by atoms with Crippen molar-refractivity contribution in [3.8, 4) is 5.75 Å². The molecule has 0 aliphatic carbocycles. The van der Waals surface area contributed by atoms with E-state index in [1.807, 2.05) is 43.7 Å². The number of aryl methyl sites for hydroxylation is 1. The summed E-state index contributed by atoms with van der Waals surface area (Å²) in [5.74, 6) is 0.874. The van der Waals surface area contributed by atoms with E-state index in [0.29, 0.717) is 13.2 Å². The van der Waals surface area contributed by atoms with E-state index in [9.17, 15) is 0 Å². The average molecular weight is 231 g/mol. The number of hydrogen-bond donors (Lipinski definition) is 1. The third-order valence-corrected chi connectivity index (χ3v) is 2.60. The van der Waals surface area contributed by atoms with Crippen LogP contribution in [0.1, 0.15) is 11.1 Å². The number of hydrogen-bond acceptors (Lipinski definition) is 3. The molecular weight excluding hydrogens is 214 g/mol. The van der Waals surface area contributed by atoms with E-state index in [1.54, 1.807) is 4.68 Å². The summed E-state index contributed by atoms with van der Waals surface area (Å²) in [4.78, 5) is 0. The van der Waals surface area contributed by atoms with Crippen molar-refractivity contribution in [2.45, 2.75) is 13.0 Å². The SMILES string of the molecule is Cn1cc(CCOc2ccccc2CN)cn1. The molecule has 4 heteroatoms. The number of aromatic nitrogens is 2. The van der Waals surface area contributed by atoms with Crippen LogP contribution in [0.4, 0.5) is 0 Å². The van der Waals surface area contributed by atoms with E-state index in [4.69, 9.17) is 10.5 Å². The van der Waals surface area contributed by atoms with Crippen molar-refractivity contribution < 1.29 is 4.74 Å². The van der Waals surface area contributed by atoms with Crippen LogP contribution in [-0.2, 0) is 20.0 Å². The smallest absolute Gasteiger partial charge is 0.123 e. The Hall–Kier alpha value is -1.81. The Morgan fingerprint density at radius 3 is 2.88 bits per heavy atom. The summed E-state index contributed by atoms with van der Waals surface area (Å²) in [6.45, 7) is 1.14. The fraction of sp³-hybridized carbons (Fsp3) is 0.308. The zero-order valence-electron chi connectivity index (χ0n) is 9.97. The summed E-state index contributed by atoms with van der Waals surface area (Å²) in [6, 6.07) is 7.86. The molecule has 0 spiro atoms. The lowest BCUT2D eigenvalue weighted by molar-refractivity contribution is 0.318. The van der Waals surface area contributed by atoms with Gasteiger partial charge in [-0.3, -0.25) is 4.68 Å². The Morgan fingerprint density at radius 1 is 1.35 bits per heavy atom. The fourth-order valence-corrected chi connectivity index (χ4v) is 1.69. The standard InChI is InChI=1S/C13H17N3O/c1-16-10-11(9-15-16)6-7-17-13-5-3-2-4-12(13)8-14/h2-5,9-10H,6-8,14H2,1H3. The summed E-state index contributed by atoms with van der Waals surface area (Å²) >= 11 is 0. The number of ether oxygens (including phenoxy) is 1.